The Hall–Kier alpha value is -3.91. The highest BCUT2D eigenvalue weighted by atomic mass is 16.5. The van der Waals surface area contributed by atoms with E-state index in [1.54, 1.807) is 24.3 Å². The molecular formula is C22H17N3O2. The number of hydrazone groups is 1. The van der Waals surface area contributed by atoms with E-state index in [1.807, 2.05) is 60.7 Å². The molecule has 3 rings (SSSR count). The van der Waals surface area contributed by atoms with Crippen LogP contribution in [0.5, 0.6) is 5.75 Å². The number of carbonyl (C=O) groups excluding carboxylic acids is 1. The van der Waals surface area contributed by atoms with Crippen molar-refractivity contribution in [2.45, 2.75) is 0 Å². The van der Waals surface area contributed by atoms with Crippen LogP contribution in [0.3, 0.4) is 0 Å². The van der Waals surface area contributed by atoms with Crippen LogP contribution in [0.1, 0.15) is 11.1 Å². The first kappa shape index (κ1) is 17.9. The lowest BCUT2D eigenvalue weighted by atomic mass is 10.1. The normalized spacial score (nSPS) is 10.3. The highest BCUT2D eigenvalue weighted by Crippen LogP contribution is 2.21. The van der Waals surface area contributed by atoms with E-state index in [-0.39, 0.29) is 12.5 Å². The van der Waals surface area contributed by atoms with Crippen LogP contribution in [0.2, 0.25) is 0 Å². The molecule has 0 radical (unpaired) electrons. The number of ether oxygens (including phenoxy) is 1. The summed E-state index contributed by atoms with van der Waals surface area (Å²) in [7, 11) is 0. The number of nitrogens with one attached hydrogen (secondary N) is 1. The van der Waals surface area contributed by atoms with Gasteiger partial charge in [-0.25, -0.2) is 5.43 Å². The quantitative estimate of drug-likeness (QED) is 0.540. The van der Waals surface area contributed by atoms with Crippen molar-refractivity contribution in [3.63, 3.8) is 0 Å². The molecule has 5 nitrogen and oxygen atoms in total. The summed E-state index contributed by atoms with van der Waals surface area (Å²) in [5, 5.41) is 12.6. The van der Waals surface area contributed by atoms with E-state index < -0.39 is 0 Å². The van der Waals surface area contributed by atoms with Gasteiger partial charge in [-0.3, -0.25) is 4.79 Å². The standard InChI is InChI=1S/C22H17N3O2/c23-14-17-6-8-18(9-7-17)15-24-25-22(26)16-27-21-12-10-20(11-13-21)19-4-2-1-3-5-19/h1-13,15H,16H2,(H,25,26)/b24-15-. The first-order valence-corrected chi connectivity index (χ1v) is 8.35. The minimum absolute atomic E-state index is 0.130. The molecule has 3 aromatic rings. The fourth-order valence-corrected chi connectivity index (χ4v) is 2.38. The predicted molar refractivity (Wildman–Crippen MR) is 104 cm³/mol. The number of hydrogen-bond donors (Lipinski definition) is 1. The van der Waals surface area contributed by atoms with Gasteiger partial charge in [-0.2, -0.15) is 10.4 Å². The van der Waals surface area contributed by atoms with Crippen LogP contribution in [-0.4, -0.2) is 18.7 Å². The van der Waals surface area contributed by atoms with Crippen molar-refractivity contribution >= 4 is 12.1 Å². The smallest absolute Gasteiger partial charge is 0.277 e. The minimum Gasteiger partial charge on any atom is -0.484 e. The Morgan fingerprint density at radius 3 is 2.30 bits per heavy atom. The number of benzene rings is 3. The first-order valence-electron chi connectivity index (χ1n) is 8.35. The second-order valence-corrected chi connectivity index (χ2v) is 5.71. The van der Waals surface area contributed by atoms with E-state index in [2.05, 4.69) is 10.5 Å². The number of rotatable bonds is 6. The zero-order valence-corrected chi connectivity index (χ0v) is 14.5. The summed E-state index contributed by atoms with van der Waals surface area (Å²) in [6.45, 7) is -0.130. The molecule has 3 aromatic carbocycles. The van der Waals surface area contributed by atoms with Gasteiger partial charge in [0, 0.05) is 0 Å². The summed E-state index contributed by atoms with van der Waals surface area (Å²) < 4.78 is 5.47. The van der Waals surface area contributed by atoms with Crippen LogP contribution in [0, 0.1) is 11.3 Å². The molecule has 0 bridgehead atoms. The van der Waals surface area contributed by atoms with Gasteiger partial charge in [0.1, 0.15) is 5.75 Å². The van der Waals surface area contributed by atoms with Crippen LogP contribution >= 0.6 is 0 Å². The van der Waals surface area contributed by atoms with Gasteiger partial charge in [0.15, 0.2) is 6.61 Å². The Kier molecular flexibility index (Phi) is 5.95. The Bertz CT molecular complexity index is 957. The molecule has 0 heterocycles. The molecule has 0 aromatic heterocycles. The van der Waals surface area contributed by atoms with Gasteiger partial charge in [0.05, 0.1) is 17.8 Å². The van der Waals surface area contributed by atoms with Gasteiger partial charge in [0.2, 0.25) is 0 Å². The lowest BCUT2D eigenvalue weighted by molar-refractivity contribution is -0.123. The SMILES string of the molecule is N#Cc1ccc(/C=N\NC(=O)COc2ccc(-c3ccccc3)cc2)cc1. The second-order valence-electron chi connectivity index (χ2n) is 5.71. The van der Waals surface area contributed by atoms with E-state index >= 15 is 0 Å². The van der Waals surface area contributed by atoms with E-state index in [1.165, 1.54) is 6.21 Å². The van der Waals surface area contributed by atoms with Crippen molar-refractivity contribution in [1.29, 1.82) is 5.26 Å². The summed E-state index contributed by atoms with van der Waals surface area (Å²) in [6.07, 6.45) is 1.51. The summed E-state index contributed by atoms with van der Waals surface area (Å²) in [6, 6.07) is 26.5. The number of nitrogens with zero attached hydrogens (tertiary/aromatic N) is 2. The molecule has 27 heavy (non-hydrogen) atoms. The van der Waals surface area contributed by atoms with Gasteiger partial charge in [0.25, 0.3) is 5.91 Å². The highest BCUT2D eigenvalue weighted by Gasteiger charge is 2.02. The second kappa shape index (κ2) is 8.97. The average molecular weight is 355 g/mol. The maximum Gasteiger partial charge on any atom is 0.277 e. The fourth-order valence-electron chi connectivity index (χ4n) is 2.38. The molecule has 0 fully saturated rings. The first-order chi connectivity index (χ1) is 13.2. The lowest BCUT2D eigenvalue weighted by Crippen LogP contribution is -2.24. The Morgan fingerprint density at radius 1 is 0.963 bits per heavy atom. The molecule has 0 unspecified atom stereocenters. The molecule has 1 amide bonds. The molecule has 5 heteroatoms. The zero-order chi connectivity index (χ0) is 18.9. The molecule has 0 atom stereocenters. The highest BCUT2D eigenvalue weighted by molar-refractivity contribution is 5.83. The van der Waals surface area contributed by atoms with Crippen molar-refractivity contribution < 1.29 is 9.53 Å². The molecular weight excluding hydrogens is 338 g/mol. The largest absolute Gasteiger partial charge is 0.484 e. The Morgan fingerprint density at radius 2 is 1.63 bits per heavy atom. The molecule has 0 saturated heterocycles. The summed E-state index contributed by atoms with van der Waals surface area (Å²) in [5.41, 5.74) is 5.97. The van der Waals surface area contributed by atoms with Gasteiger partial charge in [-0.15, -0.1) is 0 Å². The average Bonchev–Trinajstić information content (AvgIpc) is 2.74. The third kappa shape index (κ3) is 5.28. The van der Waals surface area contributed by atoms with Crippen molar-refractivity contribution in [3.8, 4) is 22.9 Å². The molecule has 0 spiro atoms. The van der Waals surface area contributed by atoms with E-state index in [4.69, 9.17) is 10.00 Å². The Balaban J connectivity index is 1.47. The summed E-state index contributed by atoms with van der Waals surface area (Å²) in [4.78, 5) is 11.8. The Labute approximate surface area is 157 Å². The minimum atomic E-state index is -0.355. The maximum atomic E-state index is 11.8. The molecule has 0 aliphatic heterocycles. The van der Waals surface area contributed by atoms with Gasteiger partial charge in [-0.1, -0.05) is 54.6 Å². The molecule has 0 aliphatic carbocycles. The number of carbonyl (C=O) groups is 1. The van der Waals surface area contributed by atoms with Crippen molar-refractivity contribution in [3.05, 3.63) is 90.0 Å². The molecule has 132 valence electrons. The van der Waals surface area contributed by atoms with Gasteiger partial charge >= 0.3 is 0 Å². The zero-order valence-electron chi connectivity index (χ0n) is 14.5. The third-order valence-electron chi connectivity index (χ3n) is 3.77. The van der Waals surface area contributed by atoms with E-state index in [9.17, 15) is 4.79 Å². The topological polar surface area (TPSA) is 74.5 Å². The van der Waals surface area contributed by atoms with Crippen molar-refractivity contribution in [1.82, 2.24) is 5.43 Å². The predicted octanol–water partition coefficient (Wildman–Crippen LogP) is 3.75. The summed E-state index contributed by atoms with van der Waals surface area (Å²) >= 11 is 0. The maximum absolute atomic E-state index is 11.8. The number of amides is 1. The van der Waals surface area contributed by atoms with Crippen molar-refractivity contribution in [2.24, 2.45) is 5.10 Å². The fraction of sp³-hybridized carbons (Fsp3) is 0.0455. The molecule has 1 N–H and O–H groups in total. The van der Waals surface area contributed by atoms with Crippen LogP contribution < -0.4 is 10.2 Å². The van der Waals surface area contributed by atoms with Crippen LogP contribution in [-0.2, 0) is 4.79 Å². The lowest BCUT2D eigenvalue weighted by Gasteiger charge is -2.06. The number of nitriles is 1. The monoisotopic (exact) mass is 355 g/mol. The summed E-state index contributed by atoms with van der Waals surface area (Å²) in [5.74, 6) is 0.257. The van der Waals surface area contributed by atoms with Gasteiger partial charge in [-0.05, 0) is 41.0 Å². The van der Waals surface area contributed by atoms with Crippen LogP contribution in [0.15, 0.2) is 84.0 Å². The van der Waals surface area contributed by atoms with Crippen molar-refractivity contribution in [2.75, 3.05) is 6.61 Å². The number of hydrogen-bond acceptors (Lipinski definition) is 4. The van der Waals surface area contributed by atoms with E-state index in [0.29, 0.717) is 11.3 Å². The van der Waals surface area contributed by atoms with Crippen LogP contribution in [0.4, 0.5) is 0 Å². The van der Waals surface area contributed by atoms with E-state index in [0.717, 1.165) is 16.7 Å². The van der Waals surface area contributed by atoms with Crippen LogP contribution in [0.25, 0.3) is 11.1 Å². The molecule has 0 aliphatic rings. The molecule has 0 saturated carbocycles. The third-order valence-corrected chi connectivity index (χ3v) is 3.77. The van der Waals surface area contributed by atoms with Gasteiger partial charge < -0.3 is 4.74 Å².